The summed E-state index contributed by atoms with van der Waals surface area (Å²) >= 11 is 0. The molecule has 0 amide bonds. The average molecular weight is 369 g/mol. The summed E-state index contributed by atoms with van der Waals surface area (Å²) in [5.41, 5.74) is 7.14. The van der Waals surface area contributed by atoms with E-state index in [9.17, 15) is 0 Å². The third-order valence-corrected chi connectivity index (χ3v) is 5.15. The minimum Gasteiger partial charge on any atom is -0.493 e. The molecule has 1 aliphatic rings. The lowest BCUT2D eigenvalue weighted by Crippen LogP contribution is -1.98. The summed E-state index contributed by atoms with van der Waals surface area (Å²) in [5.74, 6) is 1.37. The molecular weight excluding hydrogens is 350 g/mol. The zero-order valence-electron chi connectivity index (χ0n) is 15.7. The number of nitrogens with one attached hydrogen (secondary N) is 1. The van der Waals surface area contributed by atoms with E-state index in [1.807, 2.05) is 30.6 Å². The number of methoxy groups -OCH3 is 2. The summed E-state index contributed by atoms with van der Waals surface area (Å²) in [7, 11) is 3.26. The number of fused-ring (bicyclic) bond motifs is 2. The fourth-order valence-electron chi connectivity index (χ4n) is 3.68. The Labute approximate surface area is 162 Å². The van der Waals surface area contributed by atoms with Crippen LogP contribution in [0.2, 0.25) is 0 Å². The Morgan fingerprint density at radius 2 is 1.79 bits per heavy atom. The predicted molar refractivity (Wildman–Crippen MR) is 110 cm³/mol. The molecule has 5 rings (SSSR count). The first-order chi connectivity index (χ1) is 13.8. The molecule has 5 heteroatoms. The number of aromatic amines is 1. The van der Waals surface area contributed by atoms with Crippen LogP contribution in [0.1, 0.15) is 17.0 Å². The van der Waals surface area contributed by atoms with Crippen molar-refractivity contribution in [1.29, 1.82) is 0 Å². The monoisotopic (exact) mass is 369 g/mol. The van der Waals surface area contributed by atoms with Gasteiger partial charge in [-0.25, -0.2) is 4.98 Å². The van der Waals surface area contributed by atoms with Crippen molar-refractivity contribution < 1.29 is 9.47 Å². The molecule has 0 radical (unpaired) electrons. The first kappa shape index (κ1) is 16.6. The van der Waals surface area contributed by atoms with Crippen LogP contribution in [0.4, 0.5) is 0 Å². The third kappa shape index (κ3) is 2.63. The second-order valence-corrected chi connectivity index (χ2v) is 6.72. The second kappa shape index (κ2) is 6.53. The lowest BCUT2D eigenvalue weighted by atomic mass is 10.0. The van der Waals surface area contributed by atoms with Crippen molar-refractivity contribution in [1.82, 2.24) is 15.0 Å². The number of benzene rings is 2. The number of aromatic nitrogens is 3. The molecule has 1 aliphatic carbocycles. The van der Waals surface area contributed by atoms with E-state index in [-0.39, 0.29) is 0 Å². The average Bonchev–Trinajstić information content (AvgIpc) is 3.38. The Hall–Kier alpha value is -3.60. The highest BCUT2D eigenvalue weighted by Gasteiger charge is 2.20. The second-order valence-electron chi connectivity index (χ2n) is 6.72. The number of nitrogens with zero attached hydrogens (tertiary/aromatic N) is 2. The molecule has 0 saturated carbocycles. The summed E-state index contributed by atoms with van der Waals surface area (Å²) in [6.07, 6.45) is 6.79. The molecule has 2 heterocycles. The van der Waals surface area contributed by atoms with Crippen LogP contribution in [0.5, 0.6) is 11.5 Å². The smallest absolute Gasteiger partial charge is 0.161 e. The molecule has 0 saturated heterocycles. The summed E-state index contributed by atoms with van der Waals surface area (Å²) in [6, 6.07) is 14.3. The minimum absolute atomic E-state index is 0.677. The standard InChI is InChI=1S/C23H19N3O2/c1-27-21-8-4-15(12-22(21)28-2)20-13-25-19-7-5-17(23(19)26-20)14-3-6-18-16(11-14)9-10-24-18/h3-6,8-13,24H,7H2,1-2H3. The normalized spacial score (nSPS) is 12.7. The molecule has 1 N–H and O–H groups in total. The molecule has 0 atom stereocenters. The first-order valence-corrected chi connectivity index (χ1v) is 9.13. The maximum Gasteiger partial charge on any atom is 0.161 e. The number of H-pyrrole nitrogens is 1. The lowest BCUT2D eigenvalue weighted by Gasteiger charge is -2.11. The maximum absolute atomic E-state index is 5.43. The maximum atomic E-state index is 5.43. The van der Waals surface area contributed by atoms with Gasteiger partial charge in [0.05, 0.1) is 37.5 Å². The highest BCUT2D eigenvalue weighted by molar-refractivity contribution is 5.89. The van der Waals surface area contributed by atoms with Crippen molar-refractivity contribution in [3.8, 4) is 22.8 Å². The first-order valence-electron chi connectivity index (χ1n) is 9.13. The Kier molecular flexibility index (Phi) is 3.86. The number of hydrogen-bond acceptors (Lipinski definition) is 4. The van der Waals surface area contributed by atoms with Crippen LogP contribution in [0, 0.1) is 0 Å². The summed E-state index contributed by atoms with van der Waals surface area (Å²) in [5, 5.41) is 1.19. The van der Waals surface area contributed by atoms with E-state index < -0.39 is 0 Å². The van der Waals surface area contributed by atoms with Gasteiger partial charge in [-0.15, -0.1) is 0 Å². The van der Waals surface area contributed by atoms with Gasteiger partial charge in [-0.2, -0.15) is 0 Å². The summed E-state index contributed by atoms with van der Waals surface area (Å²) in [4.78, 5) is 12.9. The fraction of sp³-hybridized carbons (Fsp3) is 0.130. The Morgan fingerprint density at radius 1 is 0.929 bits per heavy atom. The van der Waals surface area contributed by atoms with Crippen LogP contribution in [-0.4, -0.2) is 29.2 Å². The zero-order chi connectivity index (χ0) is 19.1. The molecule has 2 aromatic carbocycles. The van der Waals surface area contributed by atoms with E-state index >= 15 is 0 Å². The van der Waals surface area contributed by atoms with Crippen LogP contribution in [0.3, 0.4) is 0 Å². The van der Waals surface area contributed by atoms with Crippen molar-refractivity contribution in [3.63, 3.8) is 0 Å². The summed E-state index contributed by atoms with van der Waals surface area (Å²) in [6.45, 7) is 0. The van der Waals surface area contributed by atoms with Gasteiger partial charge in [0.15, 0.2) is 11.5 Å². The zero-order valence-corrected chi connectivity index (χ0v) is 15.7. The Bertz CT molecular complexity index is 1220. The van der Waals surface area contributed by atoms with E-state index in [1.54, 1.807) is 14.2 Å². The largest absolute Gasteiger partial charge is 0.493 e. The molecular formula is C23H19N3O2. The van der Waals surface area contributed by atoms with Crippen LogP contribution in [0.25, 0.3) is 27.7 Å². The molecule has 5 nitrogen and oxygen atoms in total. The highest BCUT2D eigenvalue weighted by atomic mass is 16.5. The topological polar surface area (TPSA) is 60.0 Å². The number of rotatable bonds is 4. The van der Waals surface area contributed by atoms with Crippen LogP contribution < -0.4 is 9.47 Å². The Morgan fingerprint density at radius 3 is 2.64 bits per heavy atom. The van der Waals surface area contributed by atoms with Gasteiger partial charge in [0.2, 0.25) is 0 Å². The van der Waals surface area contributed by atoms with Gasteiger partial charge in [-0.3, -0.25) is 4.98 Å². The van der Waals surface area contributed by atoms with E-state index in [0.717, 1.165) is 45.7 Å². The van der Waals surface area contributed by atoms with E-state index in [1.165, 1.54) is 5.39 Å². The fourth-order valence-corrected chi connectivity index (χ4v) is 3.68. The quantitative estimate of drug-likeness (QED) is 0.570. The van der Waals surface area contributed by atoms with Gasteiger partial charge >= 0.3 is 0 Å². The number of hydrogen-bond donors (Lipinski definition) is 1. The molecule has 0 unspecified atom stereocenters. The van der Waals surface area contributed by atoms with Gasteiger partial charge in [-0.05, 0) is 47.3 Å². The van der Waals surface area contributed by atoms with Crippen LogP contribution >= 0.6 is 0 Å². The number of allylic oxidation sites excluding steroid dienone is 1. The number of ether oxygens (including phenoxy) is 2. The van der Waals surface area contributed by atoms with Gasteiger partial charge in [0.25, 0.3) is 0 Å². The van der Waals surface area contributed by atoms with Crippen LogP contribution in [0.15, 0.2) is 60.9 Å². The highest BCUT2D eigenvalue weighted by Crippen LogP contribution is 2.35. The molecule has 2 aromatic heterocycles. The molecule has 0 fully saturated rings. The molecule has 4 aromatic rings. The third-order valence-electron chi connectivity index (χ3n) is 5.15. The van der Waals surface area contributed by atoms with Crippen molar-refractivity contribution in [2.24, 2.45) is 0 Å². The molecule has 138 valence electrons. The van der Waals surface area contributed by atoms with E-state index in [0.29, 0.717) is 11.5 Å². The van der Waals surface area contributed by atoms with Crippen molar-refractivity contribution in [3.05, 3.63) is 77.9 Å². The van der Waals surface area contributed by atoms with Crippen LogP contribution in [-0.2, 0) is 6.42 Å². The van der Waals surface area contributed by atoms with E-state index in [4.69, 9.17) is 14.5 Å². The van der Waals surface area contributed by atoms with Crippen molar-refractivity contribution >= 4 is 16.5 Å². The minimum atomic E-state index is 0.677. The van der Waals surface area contributed by atoms with Gasteiger partial charge in [0, 0.05) is 29.3 Å². The lowest BCUT2D eigenvalue weighted by molar-refractivity contribution is 0.355. The molecule has 28 heavy (non-hydrogen) atoms. The summed E-state index contributed by atoms with van der Waals surface area (Å²) < 4.78 is 10.8. The van der Waals surface area contributed by atoms with Gasteiger partial charge in [0.1, 0.15) is 0 Å². The molecule has 0 bridgehead atoms. The SMILES string of the molecule is COc1ccc(-c2cnc3c(n2)C(c2ccc4[nH]ccc4c2)=CC3)cc1OC. The van der Waals surface area contributed by atoms with E-state index in [2.05, 4.69) is 40.3 Å². The van der Waals surface area contributed by atoms with Crippen molar-refractivity contribution in [2.45, 2.75) is 6.42 Å². The van der Waals surface area contributed by atoms with Gasteiger partial charge in [-0.1, -0.05) is 12.1 Å². The van der Waals surface area contributed by atoms with Crippen molar-refractivity contribution in [2.75, 3.05) is 14.2 Å². The predicted octanol–water partition coefficient (Wildman–Crippen LogP) is 4.63. The molecule has 0 aliphatic heterocycles. The Balaban J connectivity index is 1.57. The van der Waals surface area contributed by atoms with Gasteiger partial charge < -0.3 is 14.5 Å². The molecule has 0 spiro atoms.